The van der Waals surface area contributed by atoms with Crippen molar-refractivity contribution in [2.24, 2.45) is 0 Å². The lowest BCUT2D eigenvalue weighted by Gasteiger charge is -1.99. The van der Waals surface area contributed by atoms with E-state index in [1.165, 1.54) is 24.5 Å². The minimum atomic E-state index is -0.525. The van der Waals surface area contributed by atoms with Crippen LogP contribution in [0.25, 0.3) is 11.3 Å². The second-order valence-electron chi connectivity index (χ2n) is 4.82. The summed E-state index contributed by atoms with van der Waals surface area (Å²) in [6.45, 7) is 1.99. The molecule has 3 aromatic rings. The van der Waals surface area contributed by atoms with Crippen LogP contribution in [0.4, 0.5) is 5.69 Å². The lowest BCUT2D eigenvalue weighted by molar-refractivity contribution is 0.0988. The molecular weight excluding hydrogens is 282 g/mol. The van der Waals surface area contributed by atoms with Crippen molar-refractivity contribution in [3.63, 3.8) is 0 Å². The number of aromatic amines is 1. The van der Waals surface area contributed by atoms with E-state index in [1.54, 1.807) is 0 Å². The quantitative estimate of drug-likeness (QED) is 0.777. The molecule has 6 heteroatoms. The van der Waals surface area contributed by atoms with Gasteiger partial charge in [0.2, 0.25) is 11.2 Å². The van der Waals surface area contributed by atoms with E-state index < -0.39 is 5.91 Å². The summed E-state index contributed by atoms with van der Waals surface area (Å²) in [6, 6.07) is 10.6. The van der Waals surface area contributed by atoms with Crippen molar-refractivity contribution < 1.29 is 9.32 Å². The van der Waals surface area contributed by atoms with Crippen LogP contribution in [0.1, 0.15) is 16.1 Å². The lowest BCUT2D eigenvalue weighted by Crippen LogP contribution is -2.17. The second kappa shape index (κ2) is 5.69. The highest BCUT2D eigenvalue weighted by Gasteiger charge is 2.15. The van der Waals surface area contributed by atoms with Crippen LogP contribution >= 0.6 is 0 Å². The Kier molecular flexibility index (Phi) is 3.57. The van der Waals surface area contributed by atoms with Crippen molar-refractivity contribution in [1.29, 1.82) is 0 Å². The topological polar surface area (TPSA) is 88.0 Å². The normalized spacial score (nSPS) is 10.4. The Morgan fingerprint density at radius 1 is 1.23 bits per heavy atom. The molecule has 0 aliphatic carbocycles. The van der Waals surface area contributed by atoms with E-state index in [0.717, 1.165) is 11.1 Å². The Hall–Kier alpha value is -3.15. The summed E-state index contributed by atoms with van der Waals surface area (Å²) in [7, 11) is 0. The van der Waals surface area contributed by atoms with E-state index in [0.29, 0.717) is 5.69 Å². The Morgan fingerprint density at radius 2 is 2.00 bits per heavy atom. The smallest absolute Gasteiger partial charge is 0.294 e. The number of benzene rings is 1. The molecule has 2 heterocycles. The number of aryl methyl sites for hydroxylation is 1. The standard InChI is InChI=1S/C16H13N3O3/c1-10-2-4-11(5-3-10)12-8-15(22-19-12)16(21)18-13-9-17-7-6-14(13)20/h2-9H,1H3,(H,17,20)(H,18,21). The van der Waals surface area contributed by atoms with Gasteiger partial charge in [0.05, 0.1) is 0 Å². The van der Waals surface area contributed by atoms with Gasteiger partial charge in [0.25, 0.3) is 5.91 Å². The summed E-state index contributed by atoms with van der Waals surface area (Å²) in [5.41, 5.74) is 2.41. The fourth-order valence-corrected chi connectivity index (χ4v) is 1.94. The van der Waals surface area contributed by atoms with Gasteiger partial charge in [-0.1, -0.05) is 35.0 Å². The molecule has 0 aliphatic rings. The number of carbonyl (C=O) groups is 1. The van der Waals surface area contributed by atoms with Crippen molar-refractivity contribution >= 4 is 11.6 Å². The minimum Gasteiger partial charge on any atom is -0.366 e. The van der Waals surface area contributed by atoms with Crippen LogP contribution < -0.4 is 10.7 Å². The van der Waals surface area contributed by atoms with Gasteiger partial charge in [-0.3, -0.25) is 9.59 Å². The number of aromatic nitrogens is 2. The fourth-order valence-electron chi connectivity index (χ4n) is 1.94. The van der Waals surface area contributed by atoms with Crippen LogP contribution in [0, 0.1) is 6.92 Å². The Labute approximate surface area is 125 Å². The van der Waals surface area contributed by atoms with Crippen LogP contribution in [0.5, 0.6) is 0 Å². The predicted molar refractivity (Wildman–Crippen MR) is 81.7 cm³/mol. The number of H-pyrrole nitrogens is 1. The average molecular weight is 295 g/mol. The number of nitrogens with one attached hydrogen (secondary N) is 2. The highest BCUT2D eigenvalue weighted by Crippen LogP contribution is 2.20. The minimum absolute atomic E-state index is 0.0406. The molecule has 0 bridgehead atoms. The van der Waals surface area contributed by atoms with Gasteiger partial charge < -0.3 is 14.8 Å². The third kappa shape index (κ3) is 2.80. The zero-order chi connectivity index (χ0) is 15.5. The van der Waals surface area contributed by atoms with Crippen molar-refractivity contribution in [3.8, 4) is 11.3 Å². The molecule has 1 aromatic carbocycles. The van der Waals surface area contributed by atoms with E-state index in [4.69, 9.17) is 4.52 Å². The van der Waals surface area contributed by atoms with Crippen molar-refractivity contribution in [3.05, 3.63) is 70.3 Å². The molecule has 0 aliphatic heterocycles. The van der Waals surface area contributed by atoms with E-state index in [-0.39, 0.29) is 16.9 Å². The molecule has 3 rings (SSSR count). The number of nitrogens with zero attached hydrogens (tertiary/aromatic N) is 1. The van der Waals surface area contributed by atoms with Crippen LogP contribution in [0.15, 0.2) is 58.1 Å². The fraction of sp³-hybridized carbons (Fsp3) is 0.0625. The number of hydrogen-bond donors (Lipinski definition) is 2. The van der Waals surface area contributed by atoms with Gasteiger partial charge in [-0.15, -0.1) is 0 Å². The summed E-state index contributed by atoms with van der Waals surface area (Å²) in [4.78, 5) is 26.4. The van der Waals surface area contributed by atoms with Gasteiger partial charge in [-0.05, 0) is 6.92 Å². The van der Waals surface area contributed by atoms with E-state index in [2.05, 4.69) is 15.5 Å². The SMILES string of the molecule is Cc1ccc(-c2cc(C(=O)Nc3c[nH]ccc3=O)on2)cc1. The molecule has 0 fully saturated rings. The Morgan fingerprint density at radius 3 is 2.73 bits per heavy atom. The monoisotopic (exact) mass is 295 g/mol. The zero-order valence-corrected chi connectivity index (χ0v) is 11.8. The number of amides is 1. The van der Waals surface area contributed by atoms with Crippen LogP contribution in [0.3, 0.4) is 0 Å². The second-order valence-corrected chi connectivity index (χ2v) is 4.82. The first-order valence-electron chi connectivity index (χ1n) is 6.66. The van der Waals surface area contributed by atoms with Crippen LogP contribution in [-0.4, -0.2) is 16.0 Å². The zero-order valence-electron chi connectivity index (χ0n) is 11.8. The molecule has 6 nitrogen and oxygen atoms in total. The number of rotatable bonds is 3. The highest BCUT2D eigenvalue weighted by atomic mass is 16.5. The Bertz CT molecular complexity index is 863. The summed E-state index contributed by atoms with van der Waals surface area (Å²) in [6.07, 6.45) is 2.90. The van der Waals surface area contributed by atoms with Gasteiger partial charge in [0, 0.05) is 30.1 Å². The molecule has 110 valence electrons. The number of pyridine rings is 1. The molecular formula is C16H13N3O3. The molecule has 0 saturated carbocycles. The summed E-state index contributed by atoms with van der Waals surface area (Å²) in [5, 5.41) is 6.36. The van der Waals surface area contributed by atoms with Crippen LogP contribution in [-0.2, 0) is 0 Å². The average Bonchev–Trinajstić information content (AvgIpc) is 3.00. The van der Waals surface area contributed by atoms with Gasteiger partial charge >= 0.3 is 0 Å². The van der Waals surface area contributed by atoms with E-state index in [1.807, 2.05) is 31.2 Å². The number of hydrogen-bond acceptors (Lipinski definition) is 4. The molecule has 2 N–H and O–H groups in total. The first-order valence-corrected chi connectivity index (χ1v) is 6.66. The molecule has 2 aromatic heterocycles. The maximum Gasteiger partial charge on any atom is 0.294 e. The maximum absolute atomic E-state index is 12.1. The van der Waals surface area contributed by atoms with Gasteiger partial charge in [-0.2, -0.15) is 0 Å². The van der Waals surface area contributed by atoms with Gasteiger partial charge in [0.1, 0.15) is 11.4 Å². The van der Waals surface area contributed by atoms with E-state index in [9.17, 15) is 9.59 Å². The summed E-state index contributed by atoms with van der Waals surface area (Å²) >= 11 is 0. The molecule has 0 radical (unpaired) electrons. The van der Waals surface area contributed by atoms with Gasteiger partial charge in [-0.25, -0.2) is 0 Å². The van der Waals surface area contributed by atoms with Crippen LogP contribution in [0.2, 0.25) is 0 Å². The first-order chi connectivity index (χ1) is 10.6. The molecule has 22 heavy (non-hydrogen) atoms. The Balaban J connectivity index is 1.81. The third-order valence-electron chi connectivity index (χ3n) is 3.15. The van der Waals surface area contributed by atoms with Crippen molar-refractivity contribution in [2.45, 2.75) is 6.92 Å². The van der Waals surface area contributed by atoms with Gasteiger partial charge in [0.15, 0.2) is 0 Å². The highest BCUT2D eigenvalue weighted by molar-refractivity contribution is 6.02. The molecule has 0 saturated heterocycles. The summed E-state index contributed by atoms with van der Waals surface area (Å²) < 4.78 is 5.05. The van der Waals surface area contributed by atoms with Crippen molar-refractivity contribution in [1.82, 2.24) is 10.1 Å². The molecule has 0 spiro atoms. The molecule has 0 atom stereocenters. The molecule has 0 unspecified atom stereocenters. The number of anilines is 1. The predicted octanol–water partition coefficient (Wildman–Crippen LogP) is 2.59. The lowest BCUT2D eigenvalue weighted by atomic mass is 10.1. The summed E-state index contributed by atoms with van der Waals surface area (Å²) in [5.74, 6) is -0.485. The largest absolute Gasteiger partial charge is 0.366 e. The maximum atomic E-state index is 12.1. The van der Waals surface area contributed by atoms with Crippen molar-refractivity contribution in [2.75, 3.05) is 5.32 Å². The first kappa shape index (κ1) is 13.8. The number of carbonyl (C=O) groups excluding carboxylic acids is 1. The molecule has 1 amide bonds. The third-order valence-corrected chi connectivity index (χ3v) is 3.15. The van der Waals surface area contributed by atoms with E-state index >= 15 is 0 Å².